The molecule has 1 aromatic heterocycles. The molecule has 0 bridgehead atoms. The molecule has 140 valence electrons. The van der Waals surface area contributed by atoms with Crippen LogP contribution >= 0.6 is 0 Å². The van der Waals surface area contributed by atoms with Gasteiger partial charge in [-0.25, -0.2) is 4.39 Å². The molecule has 0 saturated heterocycles. The highest BCUT2D eigenvalue weighted by Crippen LogP contribution is 2.14. The lowest BCUT2D eigenvalue weighted by Crippen LogP contribution is -2.05. The fourth-order valence-electron chi connectivity index (χ4n) is 2.91. The van der Waals surface area contributed by atoms with Crippen molar-refractivity contribution < 1.29 is 4.39 Å². The predicted octanol–water partition coefficient (Wildman–Crippen LogP) is 4.33. The average molecular weight is 373 g/mol. The number of hydrogen-bond donors (Lipinski definition) is 1. The van der Waals surface area contributed by atoms with Crippen molar-refractivity contribution in [3.8, 4) is 11.4 Å². The summed E-state index contributed by atoms with van der Waals surface area (Å²) in [5.74, 6) is 0.421. The number of tetrazole rings is 1. The smallest absolute Gasteiger partial charge is 0.204 e. The monoisotopic (exact) mass is 373 g/mol. The van der Waals surface area contributed by atoms with Gasteiger partial charge in [0.1, 0.15) is 5.82 Å². The van der Waals surface area contributed by atoms with Crippen LogP contribution in [0.4, 0.5) is 10.1 Å². The fourth-order valence-corrected chi connectivity index (χ4v) is 2.91. The highest BCUT2D eigenvalue weighted by atomic mass is 19.1. The third-order valence-corrected chi connectivity index (χ3v) is 4.42. The van der Waals surface area contributed by atoms with Crippen LogP contribution in [0.5, 0.6) is 0 Å². The van der Waals surface area contributed by atoms with Crippen molar-refractivity contribution in [2.24, 2.45) is 0 Å². The van der Waals surface area contributed by atoms with Crippen LogP contribution in [0.1, 0.15) is 11.1 Å². The Morgan fingerprint density at radius 1 is 0.857 bits per heavy atom. The number of anilines is 1. The molecule has 28 heavy (non-hydrogen) atoms. The molecule has 0 amide bonds. The van der Waals surface area contributed by atoms with Crippen LogP contribution < -0.4 is 5.32 Å². The number of aryl methyl sites for hydroxylation is 2. The van der Waals surface area contributed by atoms with E-state index in [9.17, 15) is 4.39 Å². The van der Waals surface area contributed by atoms with Gasteiger partial charge in [-0.15, -0.1) is 10.2 Å². The largest absolute Gasteiger partial charge is 0.381 e. The van der Waals surface area contributed by atoms with Gasteiger partial charge in [-0.2, -0.15) is 4.80 Å². The molecule has 0 aliphatic heterocycles. The zero-order valence-electron chi connectivity index (χ0n) is 15.3. The van der Waals surface area contributed by atoms with E-state index < -0.39 is 0 Å². The van der Waals surface area contributed by atoms with Gasteiger partial charge < -0.3 is 5.32 Å². The summed E-state index contributed by atoms with van der Waals surface area (Å²) < 4.78 is 13.2. The van der Waals surface area contributed by atoms with Crippen LogP contribution in [0.25, 0.3) is 11.4 Å². The molecule has 1 N–H and O–H groups in total. The van der Waals surface area contributed by atoms with E-state index in [1.807, 2.05) is 48.5 Å². The van der Waals surface area contributed by atoms with Crippen LogP contribution in [0.3, 0.4) is 0 Å². The normalized spacial score (nSPS) is 10.8. The van der Waals surface area contributed by atoms with Crippen molar-refractivity contribution >= 4 is 5.69 Å². The number of aromatic nitrogens is 4. The summed E-state index contributed by atoms with van der Waals surface area (Å²) >= 11 is 0. The second-order valence-electron chi connectivity index (χ2n) is 6.51. The average Bonchev–Trinajstić information content (AvgIpc) is 3.21. The molecule has 0 aliphatic carbocycles. The third-order valence-electron chi connectivity index (χ3n) is 4.42. The van der Waals surface area contributed by atoms with Crippen molar-refractivity contribution in [3.63, 3.8) is 0 Å². The van der Waals surface area contributed by atoms with Crippen LogP contribution in [0.2, 0.25) is 0 Å². The van der Waals surface area contributed by atoms with Gasteiger partial charge in [0.2, 0.25) is 5.82 Å². The predicted molar refractivity (Wildman–Crippen MR) is 107 cm³/mol. The summed E-state index contributed by atoms with van der Waals surface area (Å²) in [5, 5.41) is 16.0. The second kappa shape index (κ2) is 8.43. The van der Waals surface area contributed by atoms with E-state index in [1.165, 1.54) is 17.7 Å². The van der Waals surface area contributed by atoms with Crippen LogP contribution in [-0.4, -0.2) is 20.2 Å². The highest BCUT2D eigenvalue weighted by molar-refractivity contribution is 5.53. The lowest BCUT2D eigenvalue weighted by Gasteiger charge is -2.08. The molecule has 0 radical (unpaired) electrons. The first-order valence-corrected chi connectivity index (χ1v) is 9.17. The number of benzene rings is 3. The minimum Gasteiger partial charge on any atom is -0.381 e. The van der Waals surface area contributed by atoms with Gasteiger partial charge >= 0.3 is 0 Å². The van der Waals surface area contributed by atoms with Gasteiger partial charge in [0, 0.05) is 17.8 Å². The maximum Gasteiger partial charge on any atom is 0.204 e. The molecule has 4 aromatic rings. The molecule has 0 saturated carbocycles. The molecular weight excluding hydrogens is 353 g/mol. The quantitative estimate of drug-likeness (QED) is 0.524. The Morgan fingerprint density at radius 3 is 2.46 bits per heavy atom. The minimum absolute atomic E-state index is 0.216. The Balaban J connectivity index is 1.30. The number of nitrogens with one attached hydrogen (secondary N) is 1. The summed E-state index contributed by atoms with van der Waals surface area (Å²) in [5.41, 5.74) is 4.06. The van der Waals surface area contributed by atoms with Gasteiger partial charge in [-0.05, 0) is 47.0 Å². The number of hydrogen-bond acceptors (Lipinski definition) is 4. The fraction of sp³-hybridized carbons (Fsp3) is 0.136. The molecule has 4 rings (SSSR count). The van der Waals surface area contributed by atoms with E-state index in [0.29, 0.717) is 18.9 Å². The van der Waals surface area contributed by atoms with Crippen molar-refractivity contribution in [3.05, 3.63) is 95.8 Å². The van der Waals surface area contributed by atoms with Crippen molar-refractivity contribution in [2.45, 2.75) is 19.5 Å². The van der Waals surface area contributed by atoms with E-state index in [4.69, 9.17) is 0 Å². The Kier molecular flexibility index (Phi) is 5.38. The highest BCUT2D eigenvalue weighted by Gasteiger charge is 2.05. The topological polar surface area (TPSA) is 55.6 Å². The van der Waals surface area contributed by atoms with Gasteiger partial charge in [0.15, 0.2) is 0 Å². The van der Waals surface area contributed by atoms with E-state index in [0.717, 1.165) is 23.2 Å². The Hall–Kier alpha value is -3.54. The lowest BCUT2D eigenvalue weighted by molar-refractivity contribution is 0.523. The SMILES string of the molecule is Fc1cccc(CNc2ccc(CCn3nnc(-c4ccccc4)n3)cc2)c1. The molecule has 6 heteroatoms. The first-order chi connectivity index (χ1) is 13.8. The van der Waals surface area contributed by atoms with E-state index in [1.54, 1.807) is 10.9 Å². The van der Waals surface area contributed by atoms with Crippen LogP contribution in [0, 0.1) is 5.82 Å². The molecule has 0 aliphatic rings. The summed E-state index contributed by atoms with van der Waals surface area (Å²) in [6.07, 6.45) is 0.814. The van der Waals surface area contributed by atoms with E-state index >= 15 is 0 Å². The number of nitrogens with zero attached hydrogens (tertiary/aromatic N) is 4. The van der Waals surface area contributed by atoms with Gasteiger partial charge in [-0.3, -0.25) is 0 Å². The molecule has 1 heterocycles. The molecule has 0 unspecified atom stereocenters. The Labute approximate surface area is 162 Å². The third kappa shape index (κ3) is 4.59. The molecule has 0 atom stereocenters. The molecule has 5 nitrogen and oxygen atoms in total. The van der Waals surface area contributed by atoms with Crippen LogP contribution in [-0.2, 0) is 19.5 Å². The molecule has 0 fully saturated rings. The second-order valence-corrected chi connectivity index (χ2v) is 6.51. The van der Waals surface area contributed by atoms with Gasteiger partial charge in [-0.1, -0.05) is 54.6 Å². The van der Waals surface area contributed by atoms with Crippen molar-refractivity contribution in [1.29, 1.82) is 0 Å². The summed E-state index contributed by atoms with van der Waals surface area (Å²) in [4.78, 5) is 1.62. The standard InChI is InChI=1S/C22H20FN5/c23-20-8-4-5-18(15-20)16-24-21-11-9-17(10-12-21)13-14-28-26-22(25-27-28)19-6-2-1-3-7-19/h1-12,15,24H,13-14,16H2. The Morgan fingerprint density at radius 2 is 1.68 bits per heavy atom. The molecular formula is C22H20FN5. The zero-order valence-corrected chi connectivity index (χ0v) is 15.3. The summed E-state index contributed by atoms with van der Waals surface area (Å²) in [6, 6.07) is 24.6. The van der Waals surface area contributed by atoms with Crippen molar-refractivity contribution in [2.75, 3.05) is 5.32 Å². The maximum absolute atomic E-state index is 13.2. The van der Waals surface area contributed by atoms with E-state index in [2.05, 4.69) is 32.9 Å². The Bertz CT molecular complexity index is 1030. The van der Waals surface area contributed by atoms with Crippen molar-refractivity contribution in [1.82, 2.24) is 20.2 Å². The number of halogens is 1. The van der Waals surface area contributed by atoms with Gasteiger partial charge in [0.05, 0.1) is 6.54 Å². The van der Waals surface area contributed by atoms with E-state index in [-0.39, 0.29) is 5.82 Å². The summed E-state index contributed by atoms with van der Waals surface area (Å²) in [7, 11) is 0. The summed E-state index contributed by atoms with van der Waals surface area (Å²) in [6.45, 7) is 1.25. The van der Waals surface area contributed by atoms with Gasteiger partial charge in [0.25, 0.3) is 0 Å². The number of rotatable bonds is 7. The first-order valence-electron chi connectivity index (χ1n) is 9.17. The molecule has 0 spiro atoms. The zero-order chi connectivity index (χ0) is 19.2. The molecule has 3 aromatic carbocycles. The van der Waals surface area contributed by atoms with Crippen LogP contribution in [0.15, 0.2) is 78.9 Å². The minimum atomic E-state index is -0.216. The first kappa shape index (κ1) is 17.9. The maximum atomic E-state index is 13.2. The lowest BCUT2D eigenvalue weighted by atomic mass is 10.1.